The van der Waals surface area contributed by atoms with Crippen molar-refractivity contribution in [1.82, 2.24) is 0 Å². The zero-order chi connectivity index (χ0) is 32.6. The number of para-hydroxylation sites is 1. The molecule has 0 saturated heterocycles. The minimum Gasteiger partial charge on any atom is -0.311 e. The van der Waals surface area contributed by atoms with Crippen molar-refractivity contribution in [3.05, 3.63) is 200 Å². The van der Waals surface area contributed by atoms with E-state index in [4.69, 9.17) is 0 Å². The SMILES string of the molecule is c1ccc(N(c2ccc(-c3ccc4ccccc4c3)cc2)c2ccc(-c3c(-c4cccc5ccccc45)ccc4ccccc34)cc2)cc1. The number of anilines is 3. The predicted octanol–water partition coefficient (Wildman–Crippen LogP) is 13.6. The molecular formula is C48H33N. The van der Waals surface area contributed by atoms with Crippen LogP contribution in [0.15, 0.2) is 200 Å². The Morgan fingerprint density at radius 3 is 1.51 bits per heavy atom. The van der Waals surface area contributed by atoms with Crippen LogP contribution >= 0.6 is 0 Å². The van der Waals surface area contributed by atoms with E-state index in [0.717, 1.165) is 17.1 Å². The van der Waals surface area contributed by atoms with Gasteiger partial charge in [-0.2, -0.15) is 0 Å². The second-order valence-corrected chi connectivity index (χ2v) is 12.6. The summed E-state index contributed by atoms with van der Waals surface area (Å²) >= 11 is 0. The second kappa shape index (κ2) is 12.3. The van der Waals surface area contributed by atoms with Gasteiger partial charge in [-0.15, -0.1) is 0 Å². The van der Waals surface area contributed by atoms with Gasteiger partial charge in [0.1, 0.15) is 0 Å². The van der Waals surface area contributed by atoms with Gasteiger partial charge in [-0.05, 0) is 108 Å². The Kier molecular flexibility index (Phi) is 7.22. The molecule has 0 bridgehead atoms. The number of fused-ring (bicyclic) bond motifs is 3. The standard InChI is InChI=1S/C48H33N/c1-2-16-41(17-3-1)49(42-28-23-35(24-29-42)40-22-21-34-11-4-5-14-39(34)33-40)43-30-25-38(26-31-43)48-45-19-9-7-13-37(45)27-32-47(48)46-20-10-15-36-12-6-8-18-44(36)46/h1-33H. The molecule has 0 heterocycles. The van der Waals surface area contributed by atoms with Crippen molar-refractivity contribution in [3.63, 3.8) is 0 Å². The number of hydrogen-bond acceptors (Lipinski definition) is 1. The molecule has 0 amide bonds. The molecule has 0 saturated carbocycles. The normalized spacial score (nSPS) is 11.3. The lowest BCUT2D eigenvalue weighted by atomic mass is 9.88. The Balaban J connectivity index is 1.14. The highest BCUT2D eigenvalue weighted by Gasteiger charge is 2.17. The molecule has 0 aliphatic heterocycles. The van der Waals surface area contributed by atoms with Gasteiger partial charge in [0.25, 0.3) is 0 Å². The van der Waals surface area contributed by atoms with Crippen LogP contribution in [0.1, 0.15) is 0 Å². The lowest BCUT2D eigenvalue weighted by molar-refractivity contribution is 1.28. The first-order chi connectivity index (χ1) is 24.3. The third-order valence-corrected chi connectivity index (χ3v) is 9.65. The minimum atomic E-state index is 1.11. The first kappa shape index (κ1) is 28.8. The molecule has 0 unspecified atom stereocenters. The van der Waals surface area contributed by atoms with Crippen molar-refractivity contribution in [2.75, 3.05) is 4.90 Å². The summed E-state index contributed by atoms with van der Waals surface area (Å²) in [7, 11) is 0. The minimum absolute atomic E-state index is 1.11. The highest BCUT2D eigenvalue weighted by Crippen LogP contribution is 2.42. The molecule has 9 aromatic rings. The molecule has 1 heteroatoms. The summed E-state index contributed by atoms with van der Waals surface area (Å²) in [5.74, 6) is 0. The van der Waals surface area contributed by atoms with Gasteiger partial charge in [-0.3, -0.25) is 0 Å². The summed E-state index contributed by atoms with van der Waals surface area (Å²) in [4.78, 5) is 2.34. The Morgan fingerprint density at radius 1 is 0.265 bits per heavy atom. The van der Waals surface area contributed by atoms with E-state index in [1.54, 1.807) is 0 Å². The Morgan fingerprint density at radius 2 is 0.776 bits per heavy atom. The maximum Gasteiger partial charge on any atom is 0.0462 e. The molecule has 0 spiro atoms. The zero-order valence-corrected chi connectivity index (χ0v) is 27.0. The Hall–Kier alpha value is -6.44. The van der Waals surface area contributed by atoms with E-state index in [2.05, 4.69) is 205 Å². The van der Waals surface area contributed by atoms with Crippen molar-refractivity contribution >= 4 is 49.4 Å². The first-order valence-electron chi connectivity index (χ1n) is 16.8. The van der Waals surface area contributed by atoms with Crippen LogP contribution in [0.2, 0.25) is 0 Å². The molecule has 0 aromatic heterocycles. The van der Waals surface area contributed by atoms with Crippen LogP contribution in [0, 0.1) is 0 Å². The lowest BCUT2D eigenvalue weighted by Gasteiger charge is -2.26. The summed E-state index contributed by atoms with van der Waals surface area (Å²) in [6.07, 6.45) is 0. The van der Waals surface area contributed by atoms with Gasteiger partial charge in [-0.1, -0.05) is 158 Å². The average Bonchev–Trinajstić information content (AvgIpc) is 3.18. The van der Waals surface area contributed by atoms with E-state index in [-0.39, 0.29) is 0 Å². The van der Waals surface area contributed by atoms with Crippen LogP contribution in [-0.2, 0) is 0 Å². The van der Waals surface area contributed by atoms with Crippen LogP contribution in [0.4, 0.5) is 17.1 Å². The van der Waals surface area contributed by atoms with Gasteiger partial charge < -0.3 is 4.90 Å². The average molecular weight is 624 g/mol. The monoisotopic (exact) mass is 623 g/mol. The maximum atomic E-state index is 2.34. The van der Waals surface area contributed by atoms with Crippen molar-refractivity contribution < 1.29 is 0 Å². The van der Waals surface area contributed by atoms with E-state index in [9.17, 15) is 0 Å². The van der Waals surface area contributed by atoms with Crippen LogP contribution in [-0.4, -0.2) is 0 Å². The Labute approximate surface area is 287 Å². The summed E-state index contributed by atoms with van der Waals surface area (Å²) in [5, 5.41) is 7.52. The Bertz CT molecular complexity index is 2580. The maximum absolute atomic E-state index is 2.34. The highest BCUT2D eigenvalue weighted by molar-refractivity contribution is 6.08. The van der Waals surface area contributed by atoms with Gasteiger partial charge in [0.15, 0.2) is 0 Å². The first-order valence-corrected chi connectivity index (χ1v) is 16.8. The van der Waals surface area contributed by atoms with Gasteiger partial charge in [-0.25, -0.2) is 0 Å². The predicted molar refractivity (Wildman–Crippen MR) is 210 cm³/mol. The van der Waals surface area contributed by atoms with Gasteiger partial charge in [0.05, 0.1) is 0 Å². The molecule has 0 aliphatic rings. The summed E-state index contributed by atoms with van der Waals surface area (Å²) in [6, 6.07) is 72.4. The summed E-state index contributed by atoms with van der Waals surface area (Å²) < 4.78 is 0. The zero-order valence-electron chi connectivity index (χ0n) is 27.0. The number of rotatable bonds is 6. The second-order valence-electron chi connectivity index (χ2n) is 12.6. The van der Waals surface area contributed by atoms with Gasteiger partial charge in [0, 0.05) is 17.1 Å². The molecule has 0 aliphatic carbocycles. The number of benzene rings is 9. The van der Waals surface area contributed by atoms with Gasteiger partial charge in [0.2, 0.25) is 0 Å². The van der Waals surface area contributed by atoms with Crippen LogP contribution in [0.5, 0.6) is 0 Å². The van der Waals surface area contributed by atoms with E-state index in [1.165, 1.54) is 65.7 Å². The van der Waals surface area contributed by atoms with Crippen LogP contribution in [0.25, 0.3) is 65.7 Å². The summed E-state index contributed by atoms with van der Waals surface area (Å²) in [5.41, 5.74) is 10.7. The fourth-order valence-corrected chi connectivity index (χ4v) is 7.24. The molecule has 9 aromatic carbocycles. The molecule has 1 nitrogen and oxygen atoms in total. The third-order valence-electron chi connectivity index (χ3n) is 9.65. The quantitative estimate of drug-likeness (QED) is 0.178. The van der Waals surface area contributed by atoms with E-state index < -0.39 is 0 Å². The van der Waals surface area contributed by atoms with E-state index >= 15 is 0 Å². The van der Waals surface area contributed by atoms with Gasteiger partial charge >= 0.3 is 0 Å². The molecule has 0 radical (unpaired) electrons. The number of nitrogens with zero attached hydrogens (tertiary/aromatic N) is 1. The molecular weight excluding hydrogens is 591 g/mol. The smallest absolute Gasteiger partial charge is 0.0462 e. The summed E-state index contributed by atoms with van der Waals surface area (Å²) in [6.45, 7) is 0. The van der Waals surface area contributed by atoms with Crippen molar-refractivity contribution in [3.8, 4) is 33.4 Å². The fraction of sp³-hybridized carbons (Fsp3) is 0. The molecule has 0 atom stereocenters. The van der Waals surface area contributed by atoms with Crippen molar-refractivity contribution in [2.45, 2.75) is 0 Å². The molecule has 0 N–H and O–H groups in total. The van der Waals surface area contributed by atoms with Crippen LogP contribution in [0.3, 0.4) is 0 Å². The van der Waals surface area contributed by atoms with Crippen molar-refractivity contribution in [2.24, 2.45) is 0 Å². The molecule has 49 heavy (non-hydrogen) atoms. The third kappa shape index (κ3) is 5.32. The van der Waals surface area contributed by atoms with E-state index in [0.29, 0.717) is 0 Å². The lowest BCUT2D eigenvalue weighted by Crippen LogP contribution is -2.09. The topological polar surface area (TPSA) is 3.24 Å². The van der Waals surface area contributed by atoms with E-state index in [1.807, 2.05) is 0 Å². The van der Waals surface area contributed by atoms with Crippen molar-refractivity contribution in [1.29, 1.82) is 0 Å². The highest BCUT2D eigenvalue weighted by atomic mass is 15.1. The largest absolute Gasteiger partial charge is 0.311 e. The molecule has 230 valence electrons. The molecule has 9 rings (SSSR count). The fourth-order valence-electron chi connectivity index (χ4n) is 7.24. The van der Waals surface area contributed by atoms with Crippen LogP contribution < -0.4 is 4.90 Å². The number of hydrogen-bond donors (Lipinski definition) is 0. The molecule has 0 fully saturated rings.